The standard InChI is InChI=1S/C79H136O16P2/c1-4-7-10-13-16-19-22-24-26-28-30-32-33-34-35-36-37-38-39-41-43-44-46-48-51-53-56-59-62-65-77(82)89-68-74(80)69-91-96(85,86)92-70-75(81)71-93-97(87,88)94-73-76(95-79(84)67-64-61-58-55-50-21-18-15-12-9-6-3)72-90-78(83)66-63-60-57-54-52-49-47-45-42-40-31-29-27-25-23-20-17-14-11-8-5-2/h8,11,15-20,24-27,30-32,34-35,40,45,47,74-76,80-81H,4-7,9-10,12-14,21-23,28-29,33,36-39,41-44,46,48-73H2,1-3H3,(H,85,86)(H,87,88)/b11-8-,18-15-,19-16-,20-17-,26-24-,27-25-,32-30-,35-34-,40-31-,47-45-. The van der Waals surface area contributed by atoms with E-state index in [0.29, 0.717) is 19.3 Å². The zero-order valence-electron chi connectivity index (χ0n) is 60.7. The molecule has 0 aromatic carbocycles. The van der Waals surface area contributed by atoms with Gasteiger partial charge in [0, 0.05) is 19.3 Å². The number of hydrogen-bond acceptors (Lipinski definition) is 14. The third kappa shape index (κ3) is 73.0. The van der Waals surface area contributed by atoms with Crippen LogP contribution in [-0.4, -0.2) is 95.9 Å². The van der Waals surface area contributed by atoms with Crippen LogP contribution in [0.2, 0.25) is 0 Å². The molecule has 0 fully saturated rings. The molecule has 4 N–H and O–H groups in total. The Morgan fingerprint density at radius 2 is 0.557 bits per heavy atom. The van der Waals surface area contributed by atoms with E-state index in [9.17, 15) is 43.5 Å². The molecule has 97 heavy (non-hydrogen) atoms. The maximum absolute atomic E-state index is 12.9. The minimum Gasteiger partial charge on any atom is -0.463 e. The number of esters is 3. The van der Waals surface area contributed by atoms with Gasteiger partial charge in [-0.3, -0.25) is 32.5 Å². The number of hydrogen-bond donors (Lipinski definition) is 4. The van der Waals surface area contributed by atoms with E-state index in [4.69, 9.17) is 32.3 Å². The molecule has 0 saturated carbocycles. The summed E-state index contributed by atoms with van der Waals surface area (Å²) in [5, 5.41) is 20.6. The number of carbonyl (C=O) groups excluding carboxylic acids is 3. The highest BCUT2D eigenvalue weighted by Gasteiger charge is 2.29. The summed E-state index contributed by atoms with van der Waals surface area (Å²) in [6, 6.07) is 0. The Kier molecular flexibility index (Phi) is 68.8. The summed E-state index contributed by atoms with van der Waals surface area (Å²) in [7, 11) is -9.79. The van der Waals surface area contributed by atoms with Crippen LogP contribution in [0.4, 0.5) is 0 Å². The monoisotopic (exact) mass is 1400 g/mol. The Bertz CT molecular complexity index is 2250. The highest BCUT2D eigenvalue weighted by Crippen LogP contribution is 2.45. The molecule has 558 valence electrons. The number of rotatable bonds is 71. The second kappa shape index (κ2) is 71.8. The number of allylic oxidation sites excluding steroid dienone is 20. The predicted molar refractivity (Wildman–Crippen MR) is 399 cm³/mol. The predicted octanol–water partition coefficient (Wildman–Crippen LogP) is 21.8. The topological polar surface area (TPSA) is 231 Å². The molecular formula is C79H136O16P2. The number of phosphoric acid groups is 2. The van der Waals surface area contributed by atoms with Gasteiger partial charge in [0.2, 0.25) is 0 Å². The first-order valence-corrected chi connectivity index (χ1v) is 40.8. The molecule has 5 unspecified atom stereocenters. The number of unbranched alkanes of at least 4 members (excludes halogenated alkanes) is 28. The summed E-state index contributed by atoms with van der Waals surface area (Å²) in [6.07, 6.45) is 84.1. The van der Waals surface area contributed by atoms with Crippen molar-refractivity contribution in [1.82, 2.24) is 0 Å². The smallest absolute Gasteiger partial charge is 0.463 e. The van der Waals surface area contributed by atoms with Gasteiger partial charge in [0.05, 0.1) is 26.4 Å². The molecule has 0 spiro atoms. The number of aliphatic hydroxyl groups excluding tert-OH is 2. The molecule has 16 nitrogen and oxygen atoms in total. The van der Waals surface area contributed by atoms with Crippen LogP contribution in [0.5, 0.6) is 0 Å². The molecule has 0 aromatic rings. The summed E-state index contributed by atoms with van der Waals surface area (Å²) in [5.74, 6) is -1.61. The van der Waals surface area contributed by atoms with Crippen LogP contribution in [0.15, 0.2) is 122 Å². The van der Waals surface area contributed by atoms with Crippen molar-refractivity contribution in [2.45, 2.75) is 322 Å². The van der Waals surface area contributed by atoms with Crippen molar-refractivity contribution < 1.29 is 75.8 Å². The van der Waals surface area contributed by atoms with Gasteiger partial charge < -0.3 is 34.2 Å². The van der Waals surface area contributed by atoms with E-state index in [-0.39, 0.29) is 19.3 Å². The number of carbonyl (C=O) groups is 3. The van der Waals surface area contributed by atoms with Gasteiger partial charge >= 0.3 is 33.6 Å². The average Bonchev–Trinajstić information content (AvgIpc) is 1.95. The third-order valence-electron chi connectivity index (χ3n) is 15.6. The summed E-state index contributed by atoms with van der Waals surface area (Å²) < 4.78 is 60.9. The first kappa shape index (κ1) is 93.0. The quantitative estimate of drug-likeness (QED) is 0.0146. The van der Waals surface area contributed by atoms with Gasteiger partial charge in [-0.2, -0.15) is 0 Å². The molecule has 5 atom stereocenters. The fourth-order valence-electron chi connectivity index (χ4n) is 9.86. The van der Waals surface area contributed by atoms with Crippen molar-refractivity contribution in [3.8, 4) is 0 Å². The average molecular weight is 1400 g/mol. The Morgan fingerprint density at radius 3 is 0.907 bits per heavy atom. The van der Waals surface area contributed by atoms with Gasteiger partial charge in [0.25, 0.3) is 0 Å². The van der Waals surface area contributed by atoms with Gasteiger partial charge in [-0.05, 0) is 128 Å². The van der Waals surface area contributed by atoms with E-state index in [2.05, 4.69) is 142 Å². The highest BCUT2D eigenvalue weighted by atomic mass is 31.2. The van der Waals surface area contributed by atoms with Gasteiger partial charge in [-0.25, -0.2) is 9.13 Å². The van der Waals surface area contributed by atoms with Crippen LogP contribution in [0.3, 0.4) is 0 Å². The lowest BCUT2D eigenvalue weighted by Gasteiger charge is -2.21. The van der Waals surface area contributed by atoms with Gasteiger partial charge in [-0.1, -0.05) is 277 Å². The molecule has 0 heterocycles. The highest BCUT2D eigenvalue weighted by molar-refractivity contribution is 7.47. The summed E-state index contributed by atoms with van der Waals surface area (Å²) in [5.41, 5.74) is 0. The minimum atomic E-state index is -4.93. The summed E-state index contributed by atoms with van der Waals surface area (Å²) >= 11 is 0. The lowest BCUT2D eigenvalue weighted by atomic mass is 10.0. The molecule has 0 amide bonds. The Labute approximate surface area is 589 Å². The molecule has 0 radical (unpaired) electrons. The molecular weight excluding hydrogens is 1270 g/mol. The van der Waals surface area contributed by atoms with Gasteiger partial charge in [0.15, 0.2) is 6.10 Å². The summed E-state index contributed by atoms with van der Waals surface area (Å²) in [6.45, 7) is 2.46. The van der Waals surface area contributed by atoms with Crippen molar-refractivity contribution >= 4 is 33.6 Å². The zero-order valence-corrected chi connectivity index (χ0v) is 62.5. The maximum Gasteiger partial charge on any atom is 0.472 e. The van der Waals surface area contributed by atoms with Crippen molar-refractivity contribution in [3.63, 3.8) is 0 Å². The first-order chi connectivity index (χ1) is 47.2. The van der Waals surface area contributed by atoms with E-state index >= 15 is 0 Å². The lowest BCUT2D eigenvalue weighted by molar-refractivity contribution is -0.161. The van der Waals surface area contributed by atoms with E-state index in [1.165, 1.54) is 96.3 Å². The van der Waals surface area contributed by atoms with E-state index < -0.39 is 91.5 Å². The molecule has 0 saturated heterocycles. The molecule has 0 aliphatic heterocycles. The van der Waals surface area contributed by atoms with Crippen molar-refractivity contribution in [2.24, 2.45) is 0 Å². The number of phosphoric ester groups is 2. The SMILES string of the molecule is CC/C=C\C/C=C\C/C=C\C/C=C\C/C=C\CCCCCCCC(=O)OCC(COP(=O)(O)OCC(O)COP(=O)(O)OCC(O)COC(=O)CCCCCCCCCCCCCCC/C=C\C/C=C\C/C=C\C/C=C\CCCCC)OC(=O)CCCCCCC/C=C\CCCC. The first-order valence-electron chi connectivity index (χ1n) is 37.8. The van der Waals surface area contributed by atoms with Crippen LogP contribution in [0.25, 0.3) is 0 Å². The van der Waals surface area contributed by atoms with Crippen molar-refractivity contribution in [1.29, 1.82) is 0 Å². The van der Waals surface area contributed by atoms with Crippen molar-refractivity contribution in [3.05, 3.63) is 122 Å². The Hall–Kier alpha value is -4.05. The number of ether oxygens (including phenoxy) is 3. The van der Waals surface area contributed by atoms with Gasteiger partial charge in [0.1, 0.15) is 25.4 Å². The fourth-order valence-corrected chi connectivity index (χ4v) is 11.4. The van der Waals surface area contributed by atoms with Gasteiger partial charge in [-0.15, -0.1) is 0 Å². The largest absolute Gasteiger partial charge is 0.472 e. The Morgan fingerprint density at radius 1 is 0.299 bits per heavy atom. The molecule has 0 aliphatic carbocycles. The zero-order chi connectivity index (χ0) is 70.9. The molecule has 18 heteroatoms. The molecule has 0 bridgehead atoms. The third-order valence-corrected chi connectivity index (χ3v) is 17.5. The Balaban J connectivity index is 4.46. The van der Waals surface area contributed by atoms with Crippen LogP contribution in [-0.2, 0) is 55.8 Å². The molecule has 0 rings (SSSR count). The normalized spacial score (nSPS) is 14.8. The lowest BCUT2D eigenvalue weighted by Crippen LogP contribution is -2.30. The molecule has 0 aromatic heterocycles. The van der Waals surface area contributed by atoms with Crippen LogP contribution in [0.1, 0.15) is 303 Å². The minimum absolute atomic E-state index is 0.0873. The van der Waals surface area contributed by atoms with E-state index in [1.54, 1.807) is 0 Å². The van der Waals surface area contributed by atoms with E-state index in [1.807, 2.05) is 0 Å². The van der Waals surface area contributed by atoms with E-state index in [0.717, 1.165) is 148 Å². The van der Waals surface area contributed by atoms with Crippen molar-refractivity contribution in [2.75, 3.05) is 39.6 Å². The number of aliphatic hydroxyl groups is 2. The maximum atomic E-state index is 12.9. The fraction of sp³-hybridized carbons (Fsp3) is 0.709. The summed E-state index contributed by atoms with van der Waals surface area (Å²) in [4.78, 5) is 58.4. The van der Waals surface area contributed by atoms with Crippen LogP contribution >= 0.6 is 15.6 Å². The second-order valence-electron chi connectivity index (χ2n) is 25.1. The molecule has 0 aliphatic rings. The van der Waals surface area contributed by atoms with Crippen LogP contribution < -0.4 is 0 Å². The second-order valence-corrected chi connectivity index (χ2v) is 28.0. The van der Waals surface area contributed by atoms with Crippen LogP contribution in [0, 0.1) is 0 Å².